The van der Waals surface area contributed by atoms with Crippen LogP contribution >= 0.6 is 0 Å². The van der Waals surface area contributed by atoms with Gasteiger partial charge in [-0.2, -0.15) is 0 Å². The lowest BCUT2D eigenvalue weighted by atomic mass is 9.95. The lowest BCUT2D eigenvalue weighted by Gasteiger charge is -2.25. The van der Waals surface area contributed by atoms with E-state index in [1.54, 1.807) is 0 Å². The van der Waals surface area contributed by atoms with E-state index < -0.39 is 0 Å². The second-order valence-electron chi connectivity index (χ2n) is 14.4. The molecule has 0 atom stereocenters. The third-order valence-corrected chi connectivity index (χ3v) is 11.1. The zero-order valence-electron chi connectivity index (χ0n) is 31.2. The molecule has 4 aromatic heterocycles. The molecule has 58 heavy (non-hydrogen) atoms. The smallest absolute Gasteiger partial charge is 0.187 e. The third-order valence-electron chi connectivity index (χ3n) is 11.1. The van der Waals surface area contributed by atoms with E-state index in [-0.39, 0.29) is 0 Å². The Hall–Kier alpha value is -8.14. The Morgan fingerprint density at radius 2 is 1.16 bits per heavy atom. The molecule has 4 heterocycles. The van der Waals surface area contributed by atoms with Crippen LogP contribution in [0.3, 0.4) is 0 Å². The van der Waals surface area contributed by atoms with Crippen LogP contribution in [0.1, 0.15) is 0 Å². The van der Waals surface area contributed by atoms with Gasteiger partial charge in [0.25, 0.3) is 0 Å². The van der Waals surface area contributed by atoms with E-state index in [2.05, 4.69) is 159 Å². The van der Waals surface area contributed by atoms with Crippen LogP contribution in [0.15, 0.2) is 195 Å². The van der Waals surface area contributed by atoms with Crippen molar-refractivity contribution in [3.05, 3.63) is 206 Å². The van der Waals surface area contributed by atoms with Gasteiger partial charge in [-0.05, 0) is 94.7 Å². The van der Waals surface area contributed by atoms with Crippen molar-refractivity contribution in [3.63, 3.8) is 0 Å². The highest BCUT2D eigenvalue weighted by Gasteiger charge is 2.19. The first-order valence-electron chi connectivity index (χ1n) is 19.2. The number of aromatic nitrogens is 4. The number of hydrogen-bond donors (Lipinski definition) is 0. The quantitative estimate of drug-likeness (QED) is 0.121. The van der Waals surface area contributed by atoms with Crippen LogP contribution in [0, 0.1) is 6.57 Å². The molecule has 0 aliphatic heterocycles. The van der Waals surface area contributed by atoms with Crippen LogP contribution in [0.2, 0.25) is 0 Å². The predicted molar refractivity (Wildman–Crippen MR) is 238 cm³/mol. The zero-order chi connectivity index (χ0) is 38.6. The summed E-state index contributed by atoms with van der Waals surface area (Å²) in [5.41, 5.74) is 13.9. The first kappa shape index (κ1) is 33.2. The molecule has 0 N–H and O–H groups in total. The van der Waals surface area contributed by atoms with Gasteiger partial charge < -0.3 is 9.47 Å². The molecule has 11 rings (SSSR count). The van der Waals surface area contributed by atoms with Crippen LogP contribution in [0.5, 0.6) is 0 Å². The summed E-state index contributed by atoms with van der Waals surface area (Å²) in [4.78, 5) is 20.3. The Labute approximate surface area is 334 Å². The maximum absolute atomic E-state index is 7.48. The first-order valence-corrected chi connectivity index (χ1v) is 19.2. The average Bonchev–Trinajstić information content (AvgIpc) is 3.65. The number of hydrogen-bond acceptors (Lipinski definition) is 4. The summed E-state index contributed by atoms with van der Waals surface area (Å²) >= 11 is 0. The molecule has 6 heteroatoms. The summed E-state index contributed by atoms with van der Waals surface area (Å²) in [7, 11) is 0. The van der Waals surface area contributed by atoms with Gasteiger partial charge >= 0.3 is 0 Å². The summed E-state index contributed by atoms with van der Waals surface area (Å²) in [5.74, 6) is 0. The van der Waals surface area contributed by atoms with Gasteiger partial charge in [-0.3, -0.25) is 15.0 Å². The molecule has 0 bridgehead atoms. The lowest BCUT2D eigenvalue weighted by molar-refractivity contribution is 1.18. The summed E-state index contributed by atoms with van der Waals surface area (Å²) in [6.45, 7) is 7.48. The van der Waals surface area contributed by atoms with E-state index in [4.69, 9.17) is 16.5 Å². The van der Waals surface area contributed by atoms with Gasteiger partial charge in [0.2, 0.25) is 0 Å². The monoisotopic (exact) mass is 740 g/mol. The highest BCUT2D eigenvalue weighted by Crippen LogP contribution is 2.43. The fraction of sp³-hybridized carbons (Fsp3) is 0. The molecule has 0 amide bonds. The van der Waals surface area contributed by atoms with Crippen molar-refractivity contribution in [1.29, 1.82) is 0 Å². The minimum atomic E-state index is 0.592. The number of para-hydroxylation sites is 2. The Morgan fingerprint density at radius 1 is 0.466 bits per heavy atom. The largest absolute Gasteiger partial charge is 0.309 e. The van der Waals surface area contributed by atoms with E-state index in [9.17, 15) is 0 Å². The number of anilines is 3. The SMILES string of the molecule is [C-]#[N+]c1ccc(N(c2ccc(-c3cccc4cccnc34)cc2)c2ccc(-c3ccc(-c4ccc5c6c4ccc4cccc(c46)n5-c4ccccc4)cn3)nc2)cc1. The van der Waals surface area contributed by atoms with Crippen molar-refractivity contribution < 1.29 is 0 Å². The fourth-order valence-electron chi connectivity index (χ4n) is 8.42. The Morgan fingerprint density at radius 3 is 1.91 bits per heavy atom. The Kier molecular flexibility index (Phi) is 7.76. The molecule has 11 aromatic rings. The van der Waals surface area contributed by atoms with E-state index in [0.29, 0.717) is 5.69 Å². The second-order valence-corrected chi connectivity index (χ2v) is 14.4. The van der Waals surface area contributed by atoms with Crippen LogP contribution in [0.25, 0.3) is 87.7 Å². The molecular weight excluding hydrogens is 709 g/mol. The zero-order valence-corrected chi connectivity index (χ0v) is 31.2. The van der Waals surface area contributed by atoms with E-state index in [1.807, 2.05) is 55.0 Å². The molecule has 0 saturated heterocycles. The molecule has 0 aliphatic carbocycles. The molecule has 0 fully saturated rings. The minimum Gasteiger partial charge on any atom is -0.309 e. The van der Waals surface area contributed by atoms with Gasteiger partial charge in [-0.1, -0.05) is 103 Å². The topological polar surface area (TPSA) is 51.2 Å². The number of rotatable bonds is 7. The van der Waals surface area contributed by atoms with Gasteiger partial charge in [0.1, 0.15) is 0 Å². The molecule has 6 nitrogen and oxygen atoms in total. The molecule has 0 unspecified atom stereocenters. The Balaban J connectivity index is 0.929. The van der Waals surface area contributed by atoms with Crippen LogP contribution < -0.4 is 4.90 Å². The lowest BCUT2D eigenvalue weighted by Crippen LogP contribution is -2.10. The van der Waals surface area contributed by atoms with Gasteiger partial charge in [0, 0.05) is 56.7 Å². The average molecular weight is 741 g/mol. The van der Waals surface area contributed by atoms with E-state index in [1.165, 1.54) is 32.6 Å². The highest BCUT2D eigenvalue weighted by atomic mass is 15.1. The van der Waals surface area contributed by atoms with Crippen LogP contribution in [0.4, 0.5) is 22.7 Å². The molecule has 0 aliphatic rings. The summed E-state index contributed by atoms with van der Waals surface area (Å²) in [6.07, 6.45) is 5.68. The van der Waals surface area contributed by atoms with Gasteiger partial charge in [0.05, 0.1) is 46.4 Å². The van der Waals surface area contributed by atoms with Crippen LogP contribution in [-0.4, -0.2) is 19.5 Å². The van der Waals surface area contributed by atoms with Crippen molar-refractivity contribution >= 4 is 66.2 Å². The van der Waals surface area contributed by atoms with Crippen molar-refractivity contribution in [3.8, 4) is 39.3 Å². The van der Waals surface area contributed by atoms with Crippen molar-refractivity contribution in [2.75, 3.05) is 4.90 Å². The maximum atomic E-state index is 7.48. The fourth-order valence-corrected chi connectivity index (χ4v) is 8.42. The molecule has 0 spiro atoms. The summed E-state index contributed by atoms with van der Waals surface area (Å²) in [6, 6.07) is 60.9. The molecule has 0 radical (unpaired) electrons. The van der Waals surface area contributed by atoms with Crippen molar-refractivity contribution in [1.82, 2.24) is 19.5 Å². The second kappa shape index (κ2) is 13.6. The minimum absolute atomic E-state index is 0.592. The number of fused-ring (bicyclic) bond motifs is 1. The maximum Gasteiger partial charge on any atom is 0.187 e. The van der Waals surface area contributed by atoms with E-state index >= 15 is 0 Å². The molecule has 7 aromatic carbocycles. The normalized spacial score (nSPS) is 11.4. The molecule has 270 valence electrons. The van der Waals surface area contributed by atoms with Gasteiger partial charge in [-0.15, -0.1) is 0 Å². The summed E-state index contributed by atoms with van der Waals surface area (Å²) in [5, 5.41) is 6.10. The Bertz CT molecular complexity index is 3300. The third kappa shape index (κ3) is 5.45. The standard InChI is InChI=1S/C52H32N6/c1-53-38-19-23-41(24-20-38)57(40-21-15-34(16-22-40)44-13-5-9-36-10-7-31-54-52(36)44)42-25-29-47(56-33-42)46-28-18-37(32-55-46)43-27-30-49-51-45(43)26-17-35-8-6-14-48(50(35)51)58(49)39-11-3-2-4-12-39/h2-33H. The van der Waals surface area contributed by atoms with Gasteiger partial charge in [-0.25, -0.2) is 4.85 Å². The number of nitrogens with zero attached hydrogens (tertiary/aromatic N) is 6. The number of pyridine rings is 3. The van der Waals surface area contributed by atoms with Crippen LogP contribution in [-0.2, 0) is 0 Å². The molecule has 0 saturated carbocycles. The predicted octanol–water partition coefficient (Wildman–Crippen LogP) is 13.7. The molecular formula is C52H32N6. The number of benzene rings is 7. The van der Waals surface area contributed by atoms with E-state index in [0.717, 1.165) is 67.3 Å². The van der Waals surface area contributed by atoms with Crippen molar-refractivity contribution in [2.24, 2.45) is 0 Å². The van der Waals surface area contributed by atoms with Gasteiger partial charge in [0.15, 0.2) is 5.69 Å². The highest BCUT2D eigenvalue weighted by molar-refractivity contribution is 6.26. The summed E-state index contributed by atoms with van der Waals surface area (Å²) < 4.78 is 2.37. The van der Waals surface area contributed by atoms with Crippen molar-refractivity contribution in [2.45, 2.75) is 0 Å². The first-order chi connectivity index (χ1) is 28.7.